The molecule has 3 aromatic rings. The molecule has 1 aromatic heterocycles. The minimum Gasteiger partial charge on any atom is -0.355 e. The van der Waals surface area contributed by atoms with Crippen LogP contribution < -0.4 is 10.6 Å². The Labute approximate surface area is 166 Å². The highest BCUT2D eigenvalue weighted by Crippen LogP contribution is 2.24. The van der Waals surface area contributed by atoms with Gasteiger partial charge in [-0.05, 0) is 42.8 Å². The van der Waals surface area contributed by atoms with Crippen molar-refractivity contribution in [3.63, 3.8) is 0 Å². The van der Waals surface area contributed by atoms with E-state index in [-0.39, 0.29) is 11.6 Å². The number of benzene rings is 2. The molecule has 6 nitrogen and oxygen atoms in total. The first-order chi connectivity index (χ1) is 12.9. The van der Waals surface area contributed by atoms with Crippen LogP contribution in [0.15, 0.2) is 48.7 Å². The monoisotopic (exact) mass is 402 g/mol. The average molecular weight is 403 g/mol. The smallest absolute Gasteiger partial charge is 0.276 e. The molecule has 8 heteroatoms. The zero-order valence-electron chi connectivity index (χ0n) is 14.6. The van der Waals surface area contributed by atoms with Crippen molar-refractivity contribution < 1.29 is 9.59 Å². The van der Waals surface area contributed by atoms with E-state index in [2.05, 4.69) is 15.7 Å². The summed E-state index contributed by atoms with van der Waals surface area (Å²) < 4.78 is 1.52. The molecule has 2 amide bonds. The van der Waals surface area contributed by atoms with E-state index >= 15 is 0 Å². The number of aryl methyl sites for hydroxylation is 1. The Morgan fingerprint density at radius 3 is 2.52 bits per heavy atom. The van der Waals surface area contributed by atoms with Crippen molar-refractivity contribution >= 4 is 40.7 Å². The van der Waals surface area contributed by atoms with Crippen LogP contribution in [0.3, 0.4) is 0 Å². The molecule has 0 aliphatic heterocycles. The SMILES string of the molecule is CNC(=O)c1c(C)cccc1NC(=O)c1ccn(-c2ccc(Cl)c(Cl)c2)n1. The van der Waals surface area contributed by atoms with Gasteiger partial charge in [-0.1, -0.05) is 35.3 Å². The number of halogens is 2. The van der Waals surface area contributed by atoms with Gasteiger partial charge in [0.1, 0.15) is 0 Å². The summed E-state index contributed by atoms with van der Waals surface area (Å²) in [5.74, 6) is -0.700. The molecule has 0 aliphatic rings. The molecule has 27 heavy (non-hydrogen) atoms. The maximum absolute atomic E-state index is 12.6. The fourth-order valence-corrected chi connectivity index (χ4v) is 2.89. The Kier molecular flexibility index (Phi) is 5.48. The number of carbonyl (C=O) groups is 2. The fraction of sp³-hybridized carbons (Fsp3) is 0.105. The van der Waals surface area contributed by atoms with Gasteiger partial charge in [0.2, 0.25) is 0 Å². The topological polar surface area (TPSA) is 76.0 Å². The number of amides is 2. The highest BCUT2D eigenvalue weighted by atomic mass is 35.5. The zero-order chi connectivity index (χ0) is 19.6. The van der Waals surface area contributed by atoms with Gasteiger partial charge in [-0.2, -0.15) is 5.10 Å². The molecule has 2 N–H and O–H groups in total. The van der Waals surface area contributed by atoms with Crippen molar-refractivity contribution in [2.45, 2.75) is 6.92 Å². The summed E-state index contributed by atoms with van der Waals surface area (Å²) in [4.78, 5) is 24.7. The van der Waals surface area contributed by atoms with Crippen molar-refractivity contribution in [3.8, 4) is 5.69 Å². The molecular formula is C19H16Cl2N4O2. The van der Waals surface area contributed by atoms with Crippen LogP contribution in [-0.4, -0.2) is 28.6 Å². The average Bonchev–Trinajstić information content (AvgIpc) is 3.14. The normalized spacial score (nSPS) is 10.5. The van der Waals surface area contributed by atoms with Crippen LogP contribution >= 0.6 is 23.2 Å². The van der Waals surface area contributed by atoms with Gasteiger partial charge in [0.05, 0.1) is 27.0 Å². The number of aromatic nitrogens is 2. The van der Waals surface area contributed by atoms with E-state index < -0.39 is 5.91 Å². The lowest BCUT2D eigenvalue weighted by atomic mass is 10.1. The maximum atomic E-state index is 12.6. The van der Waals surface area contributed by atoms with Crippen molar-refractivity contribution in [1.82, 2.24) is 15.1 Å². The van der Waals surface area contributed by atoms with Gasteiger partial charge in [-0.25, -0.2) is 4.68 Å². The fourth-order valence-electron chi connectivity index (χ4n) is 2.60. The van der Waals surface area contributed by atoms with Crippen LogP contribution in [0.25, 0.3) is 5.69 Å². The van der Waals surface area contributed by atoms with Gasteiger partial charge in [0.25, 0.3) is 11.8 Å². The van der Waals surface area contributed by atoms with Gasteiger partial charge in [-0.15, -0.1) is 0 Å². The summed E-state index contributed by atoms with van der Waals surface area (Å²) in [7, 11) is 1.54. The Morgan fingerprint density at radius 2 is 1.81 bits per heavy atom. The van der Waals surface area contributed by atoms with Crippen LogP contribution in [0.1, 0.15) is 26.4 Å². The molecule has 0 bridgehead atoms. The van der Waals surface area contributed by atoms with Gasteiger partial charge >= 0.3 is 0 Å². The van der Waals surface area contributed by atoms with E-state index in [4.69, 9.17) is 23.2 Å². The van der Waals surface area contributed by atoms with Crippen LogP contribution in [-0.2, 0) is 0 Å². The molecule has 0 unspecified atom stereocenters. The third kappa shape index (κ3) is 3.97. The molecule has 0 fully saturated rings. The first-order valence-electron chi connectivity index (χ1n) is 8.05. The van der Waals surface area contributed by atoms with Gasteiger partial charge in [0, 0.05) is 13.2 Å². The summed E-state index contributed by atoms with van der Waals surface area (Å²) >= 11 is 11.9. The molecule has 0 aliphatic carbocycles. The third-order valence-corrected chi connectivity index (χ3v) is 4.70. The molecular weight excluding hydrogens is 387 g/mol. The van der Waals surface area contributed by atoms with Crippen LogP contribution in [0.2, 0.25) is 10.0 Å². The van der Waals surface area contributed by atoms with Crippen LogP contribution in [0.4, 0.5) is 5.69 Å². The second-order valence-corrected chi connectivity index (χ2v) is 6.59. The first kappa shape index (κ1) is 18.9. The van der Waals surface area contributed by atoms with E-state index in [0.717, 1.165) is 5.56 Å². The second-order valence-electron chi connectivity index (χ2n) is 5.77. The summed E-state index contributed by atoms with van der Waals surface area (Å²) in [6.45, 7) is 1.80. The minimum atomic E-state index is -0.426. The zero-order valence-corrected chi connectivity index (χ0v) is 16.1. The lowest BCUT2D eigenvalue weighted by molar-refractivity contribution is 0.0963. The van der Waals surface area contributed by atoms with Crippen molar-refractivity contribution in [2.75, 3.05) is 12.4 Å². The van der Waals surface area contributed by atoms with E-state index in [1.54, 1.807) is 62.6 Å². The van der Waals surface area contributed by atoms with E-state index in [9.17, 15) is 9.59 Å². The lowest BCUT2D eigenvalue weighted by Crippen LogP contribution is -2.22. The number of anilines is 1. The molecule has 2 aromatic carbocycles. The maximum Gasteiger partial charge on any atom is 0.276 e. The van der Waals surface area contributed by atoms with Crippen molar-refractivity contribution in [1.29, 1.82) is 0 Å². The predicted octanol–water partition coefficient (Wildman–Crippen LogP) is 4.10. The molecule has 0 saturated carbocycles. The first-order valence-corrected chi connectivity index (χ1v) is 8.80. The predicted molar refractivity (Wildman–Crippen MR) is 106 cm³/mol. The summed E-state index contributed by atoms with van der Waals surface area (Å²) in [6, 6.07) is 11.9. The number of nitrogens with one attached hydrogen (secondary N) is 2. The Morgan fingerprint density at radius 1 is 1.04 bits per heavy atom. The quantitative estimate of drug-likeness (QED) is 0.689. The molecule has 138 valence electrons. The number of rotatable bonds is 4. The van der Waals surface area contributed by atoms with Crippen molar-refractivity contribution in [2.24, 2.45) is 0 Å². The summed E-state index contributed by atoms with van der Waals surface area (Å²) in [5, 5.41) is 10.4. The van der Waals surface area contributed by atoms with Crippen molar-refractivity contribution in [3.05, 3.63) is 75.5 Å². The second kappa shape index (κ2) is 7.82. The summed E-state index contributed by atoms with van der Waals surface area (Å²) in [6.07, 6.45) is 1.64. The number of carbonyl (C=O) groups excluding carboxylic acids is 2. The van der Waals surface area contributed by atoms with E-state index in [1.807, 2.05) is 0 Å². The Bertz CT molecular complexity index is 1030. The molecule has 0 atom stereocenters. The Hall–Kier alpha value is -2.83. The number of hydrogen-bond donors (Lipinski definition) is 2. The molecule has 3 rings (SSSR count). The Balaban J connectivity index is 1.86. The van der Waals surface area contributed by atoms with Crippen LogP contribution in [0.5, 0.6) is 0 Å². The number of hydrogen-bond acceptors (Lipinski definition) is 3. The number of nitrogens with zero attached hydrogens (tertiary/aromatic N) is 2. The van der Waals surface area contributed by atoms with E-state index in [0.29, 0.717) is 27.0 Å². The standard InChI is InChI=1S/C19H16Cl2N4O2/c1-11-4-3-5-15(17(11)19(27)22-2)23-18(26)16-8-9-25(24-16)12-6-7-13(20)14(21)10-12/h3-10H,1-2H3,(H,22,27)(H,23,26). The lowest BCUT2D eigenvalue weighted by Gasteiger charge is -2.11. The molecule has 0 radical (unpaired) electrons. The highest BCUT2D eigenvalue weighted by molar-refractivity contribution is 6.42. The largest absolute Gasteiger partial charge is 0.355 e. The highest BCUT2D eigenvalue weighted by Gasteiger charge is 2.17. The van der Waals surface area contributed by atoms with E-state index in [1.165, 1.54) is 4.68 Å². The molecule has 0 spiro atoms. The van der Waals surface area contributed by atoms with Gasteiger partial charge in [-0.3, -0.25) is 9.59 Å². The van der Waals surface area contributed by atoms with Gasteiger partial charge < -0.3 is 10.6 Å². The van der Waals surface area contributed by atoms with Crippen LogP contribution in [0, 0.1) is 6.92 Å². The summed E-state index contributed by atoms with van der Waals surface area (Å²) in [5.41, 5.74) is 2.46. The molecule has 1 heterocycles. The minimum absolute atomic E-state index is 0.199. The third-order valence-electron chi connectivity index (χ3n) is 3.96. The molecule has 0 saturated heterocycles. The van der Waals surface area contributed by atoms with Gasteiger partial charge in [0.15, 0.2) is 5.69 Å².